The quantitative estimate of drug-likeness (QED) is 0.477. The molecule has 2 N–H and O–H groups in total. The van der Waals surface area contributed by atoms with Crippen molar-refractivity contribution in [1.82, 2.24) is 20.4 Å². The van der Waals surface area contributed by atoms with Crippen molar-refractivity contribution in [3.63, 3.8) is 0 Å². The Morgan fingerprint density at radius 2 is 1.43 bits per heavy atom. The zero-order valence-electron chi connectivity index (χ0n) is 25.1. The summed E-state index contributed by atoms with van der Waals surface area (Å²) in [6.45, 7) is 2.47. The smallest absolute Gasteiger partial charge is 0.262 e. The lowest BCUT2D eigenvalue weighted by Crippen LogP contribution is -2.54. The maximum Gasteiger partial charge on any atom is 0.262 e. The Balaban J connectivity index is 0.915. The SMILES string of the molecule is O=C1CCC(N2C(=O)c3cc4c(cc3C2=O)CN(C[C@H]2CC[C@H](c3ccc(C(=O)NC5CCCCC5)cc3)CC2)C4)C(=O)N1. The first-order valence-corrected chi connectivity index (χ1v) is 16.3. The molecule has 9 heteroatoms. The summed E-state index contributed by atoms with van der Waals surface area (Å²) in [7, 11) is 0. The Morgan fingerprint density at radius 3 is 2.05 bits per heavy atom. The topological polar surface area (TPSA) is 116 Å². The molecule has 7 rings (SSSR count). The number of carbonyl (C=O) groups excluding carboxylic acids is 5. The Bertz CT molecular complexity index is 1460. The van der Waals surface area contributed by atoms with Gasteiger partial charge in [0.05, 0.1) is 11.1 Å². The van der Waals surface area contributed by atoms with E-state index < -0.39 is 23.8 Å². The summed E-state index contributed by atoms with van der Waals surface area (Å²) in [5.74, 6) is -0.694. The van der Waals surface area contributed by atoms with Gasteiger partial charge < -0.3 is 5.32 Å². The van der Waals surface area contributed by atoms with Crippen LogP contribution < -0.4 is 10.6 Å². The van der Waals surface area contributed by atoms with Crippen molar-refractivity contribution >= 4 is 29.5 Å². The minimum atomic E-state index is -0.940. The molecule has 2 aromatic carbocycles. The molecule has 5 amide bonds. The highest BCUT2D eigenvalue weighted by molar-refractivity contribution is 6.23. The van der Waals surface area contributed by atoms with E-state index in [1.807, 2.05) is 24.3 Å². The maximum absolute atomic E-state index is 13.2. The lowest BCUT2D eigenvalue weighted by atomic mass is 9.78. The molecule has 0 bridgehead atoms. The lowest BCUT2D eigenvalue weighted by molar-refractivity contribution is -0.136. The van der Waals surface area contributed by atoms with E-state index in [0.29, 0.717) is 29.0 Å². The second-order valence-electron chi connectivity index (χ2n) is 13.4. The van der Waals surface area contributed by atoms with Gasteiger partial charge in [-0.2, -0.15) is 0 Å². The van der Waals surface area contributed by atoms with Gasteiger partial charge in [0, 0.05) is 37.7 Å². The lowest BCUT2D eigenvalue weighted by Gasteiger charge is -2.31. The predicted octanol–water partition coefficient (Wildman–Crippen LogP) is 4.44. The predicted molar refractivity (Wildman–Crippen MR) is 163 cm³/mol. The molecule has 2 saturated carbocycles. The third-order valence-electron chi connectivity index (χ3n) is 10.5. The molecule has 9 nitrogen and oxygen atoms in total. The average Bonchev–Trinajstić information content (AvgIpc) is 3.53. The highest BCUT2D eigenvalue weighted by Crippen LogP contribution is 2.38. The Morgan fingerprint density at radius 1 is 0.795 bits per heavy atom. The van der Waals surface area contributed by atoms with Crippen molar-refractivity contribution in [2.24, 2.45) is 5.92 Å². The highest BCUT2D eigenvalue weighted by Gasteiger charge is 2.45. The molecular weight excluding hydrogens is 556 g/mol. The number of imide groups is 2. The Labute approximate surface area is 257 Å². The Hall–Kier alpha value is -3.85. The van der Waals surface area contributed by atoms with Crippen LogP contribution in [0.2, 0.25) is 0 Å². The highest BCUT2D eigenvalue weighted by atomic mass is 16.2. The van der Waals surface area contributed by atoms with Gasteiger partial charge in [0.15, 0.2) is 0 Å². The van der Waals surface area contributed by atoms with Gasteiger partial charge in [-0.25, -0.2) is 0 Å². The summed E-state index contributed by atoms with van der Waals surface area (Å²) in [4.78, 5) is 66.5. The maximum atomic E-state index is 13.2. The molecule has 0 radical (unpaired) electrons. The van der Waals surface area contributed by atoms with Gasteiger partial charge in [-0.3, -0.25) is 39.1 Å². The second-order valence-corrected chi connectivity index (χ2v) is 13.4. The molecule has 2 aliphatic carbocycles. The molecule has 5 aliphatic rings. The van der Waals surface area contributed by atoms with E-state index in [4.69, 9.17) is 0 Å². The number of fused-ring (bicyclic) bond motifs is 2. The summed E-state index contributed by atoms with van der Waals surface area (Å²) in [6.07, 6.45) is 10.7. The number of nitrogens with one attached hydrogen (secondary N) is 2. The van der Waals surface area contributed by atoms with Crippen molar-refractivity contribution in [3.8, 4) is 0 Å². The normalized spacial score (nSPS) is 26.0. The first-order chi connectivity index (χ1) is 21.3. The van der Waals surface area contributed by atoms with Crippen molar-refractivity contribution in [3.05, 3.63) is 69.8 Å². The van der Waals surface area contributed by atoms with E-state index in [1.54, 1.807) is 0 Å². The van der Waals surface area contributed by atoms with Crippen LogP contribution >= 0.6 is 0 Å². The van der Waals surface area contributed by atoms with E-state index in [-0.39, 0.29) is 24.7 Å². The molecule has 1 saturated heterocycles. The van der Waals surface area contributed by atoms with Crippen molar-refractivity contribution in [2.45, 2.75) is 102 Å². The van der Waals surface area contributed by atoms with E-state index in [0.717, 1.165) is 79.7 Å². The molecular formula is C35H40N4O5. The number of benzene rings is 2. The molecule has 3 aliphatic heterocycles. The summed E-state index contributed by atoms with van der Waals surface area (Å²) in [5, 5.41) is 5.46. The number of nitrogens with zero attached hydrogens (tertiary/aromatic N) is 2. The van der Waals surface area contributed by atoms with Gasteiger partial charge in [-0.15, -0.1) is 0 Å². The number of amides is 5. The van der Waals surface area contributed by atoms with E-state index in [1.165, 1.54) is 24.8 Å². The van der Waals surface area contributed by atoms with Crippen LogP contribution in [0.25, 0.3) is 0 Å². The first kappa shape index (κ1) is 28.9. The van der Waals surface area contributed by atoms with Gasteiger partial charge in [-0.1, -0.05) is 31.4 Å². The van der Waals surface area contributed by atoms with Gasteiger partial charge in [0.25, 0.3) is 17.7 Å². The summed E-state index contributed by atoms with van der Waals surface area (Å²) in [5.41, 5.74) is 4.92. The number of hydrogen-bond donors (Lipinski definition) is 2. The van der Waals surface area contributed by atoms with E-state index >= 15 is 0 Å². The van der Waals surface area contributed by atoms with Crippen LogP contribution in [0.5, 0.6) is 0 Å². The molecule has 3 heterocycles. The van der Waals surface area contributed by atoms with Crippen LogP contribution in [0.4, 0.5) is 0 Å². The molecule has 44 heavy (non-hydrogen) atoms. The molecule has 0 spiro atoms. The average molecular weight is 597 g/mol. The molecule has 230 valence electrons. The number of rotatable bonds is 6. The molecule has 1 unspecified atom stereocenters. The number of carbonyl (C=O) groups is 5. The van der Waals surface area contributed by atoms with Gasteiger partial charge in [0.1, 0.15) is 6.04 Å². The summed E-state index contributed by atoms with van der Waals surface area (Å²) in [6, 6.07) is 11.3. The van der Waals surface area contributed by atoms with Gasteiger partial charge >= 0.3 is 0 Å². The Kier molecular flexibility index (Phi) is 7.83. The zero-order chi connectivity index (χ0) is 30.4. The van der Waals surface area contributed by atoms with E-state index in [2.05, 4.69) is 27.7 Å². The third kappa shape index (κ3) is 5.58. The largest absolute Gasteiger partial charge is 0.349 e. The van der Waals surface area contributed by atoms with Crippen LogP contribution in [-0.2, 0) is 22.7 Å². The van der Waals surface area contributed by atoms with Crippen LogP contribution in [0, 0.1) is 5.92 Å². The second kappa shape index (κ2) is 11.9. The molecule has 1 atom stereocenters. The fraction of sp³-hybridized carbons (Fsp3) is 0.514. The molecule has 2 aromatic rings. The van der Waals surface area contributed by atoms with E-state index in [9.17, 15) is 24.0 Å². The van der Waals surface area contributed by atoms with Crippen molar-refractivity contribution in [2.75, 3.05) is 6.54 Å². The van der Waals surface area contributed by atoms with Gasteiger partial charge in [0.2, 0.25) is 11.8 Å². The minimum absolute atomic E-state index is 0.0457. The fourth-order valence-electron chi connectivity index (χ4n) is 8.03. The van der Waals surface area contributed by atoms with Crippen LogP contribution in [-0.4, -0.2) is 58.0 Å². The molecule has 0 aromatic heterocycles. The number of hydrogen-bond acceptors (Lipinski definition) is 6. The fourth-order valence-corrected chi connectivity index (χ4v) is 8.03. The minimum Gasteiger partial charge on any atom is -0.349 e. The molecule has 3 fully saturated rings. The van der Waals surface area contributed by atoms with Crippen LogP contribution in [0.3, 0.4) is 0 Å². The third-order valence-corrected chi connectivity index (χ3v) is 10.5. The number of piperidine rings is 1. The summed E-state index contributed by atoms with van der Waals surface area (Å²) < 4.78 is 0. The summed E-state index contributed by atoms with van der Waals surface area (Å²) >= 11 is 0. The van der Waals surface area contributed by atoms with Crippen LogP contribution in [0.1, 0.15) is 124 Å². The standard InChI is InChI=1S/C35H40N4O5/c40-31-15-14-30(33(42)37-31)39-34(43)28-16-25-19-38(20-26(25)17-29(28)35(39)44)18-21-6-8-22(9-7-21)23-10-12-24(13-11-23)32(41)36-27-4-2-1-3-5-27/h10-13,16-17,21-22,27,30H,1-9,14-15,18-20H2,(H,36,41)(H,37,40,42)/t21-,22-,30?. The zero-order valence-corrected chi connectivity index (χ0v) is 25.1. The van der Waals surface area contributed by atoms with Crippen LogP contribution in [0.15, 0.2) is 36.4 Å². The van der Waals surface area contributed by atoms with Crippen molar-refractivity contribution in [1.29, 1.82) is 0 Å². The van der Waals surface area contributed by atoms with Crippen molar-refractivity contribution < 1.29 is 24.0 Å². The first-order valence-electron chi connectivity index (χ1n) is 16.3. The monoisotopic (exact) mass is 596 g/mol. The van der Waals surface area contributed by atoms with Gasteiger partial charge in [-0.05, 0) is 97.7 Å².